The Kier molecular flexibility index (Phi) is 3.58. The Labute approximate surface area is 98.8 Å². The van der Waals surface area contributed by atoms with Crippen molar-refractivity contribution in [3.05, 3.63) is 29.8 Å². The molecule has 1 radical (unpaired) electrons. The second-order valence-corrected chi connectivity index (χ2v) is 10.2. The molecule has 0 spiro atoms. The van der Waals surface area contributed by atoms with E-state index in [-0.39, 0.29) is 5.04 Å². The van der Waals surface area contributed by atoms with Crippen molar-refractivity contribution in [2.24, 2.45) is 0 Å². The Morgan fingerprint density at radius 2 is 1.75 bits per heavy atom. The summed E-state index contributed by atoms with van der Waals surface area (Å²) in [7, 11) is -1.87. The van der Waals surface area contributed by atoms with Crippen LogP contribution in [0.2, 0.25) is 18.1 Å². The number of carbonyl (C=O) groups excluding carboxylic acids is 1. The summed E-state index contributed by atoms with van der Waals surface area (Å²) in [5.41, 5.74) is 0.507. The smallest absolute Gasteiger partial charge is 0.250 e. The van der Waals surface area contributed by atoms with Crippen LogP contribution in [0.25, 0.3) is 0 Å². The number of rotatable bonds is 3. The molecule has 0 bridgehead atoms. The molecule has 16 heavy (non-hydrogen) atoms. The van der Waals surface area contributed by atoms with Crippen LogP contribution < -0.4 is 4.43 Å². The molecule has 1 aromatic carbocycles. The molecule has 87 valence electrons. The third kappa shape index (κ3) is 2.73. The Bertz CT molecular complexity index is 378. The third-order valence-corrected chi connectivity index (χ3v) is 7.51. The molecule has 0 amide bonds. The lowest BCUT2D eigenvalue weighted by atomic mass is 10.2. The number of para-hydroxylation sites is 1. The highest BCUT2D eigenvalue weighted by molar-refractivity contribution is 6.74. The van der Waals surface area contributed by atoms with E-state index in [0.717, 1.165) is 0 Å². The largest absolute Gasteiger partial charge is 0.543 e. The fourth-order valence-corrected chi connectivity index (χ4v) is 2.10. The van der Waals surface area contributed by atoms with E-state index in [1.165, 1.54) is 0 Å². The van der Waals surface area contributed by atoms with Crippen LogP contribution in [0.15, 0.2) is 24.3 Å². The minimum atomic E-state index is -1.87. The topological polar surface area (TPSA) is 26.3 Å². The third-order valence-electron chi connectivity index (χ3n) is 3.17. The van der Waals surface area contributed by atoms with E-state index < -0.39 is 8.32 Å². The summed E-state index contributed by atoms with van der Waals surface area (Å²) in [6.07, 6.45) is 1.92. The Balaban J connectivity index is 3.01. The summed E-state index contributed by atoms with van der Waals surface area (Å²) in [5.74, 6) is 0.657. The SMILES string of the molecule is CC(C)(C)[Si](C)(C)Oc1ccccc1[C]=O. The summed E-state index contributed by atoms with van der Waals surface area (Å²) in [4.78, 5) is 10.8. The first-order chi connectivity index (χ1) is 7.28. The molecule has 0 heterocycles. The van der Waals surface area contributed by atoms with Gasteiger partial charge in [-0.1, -0.05) is 32.9 Å². The fraction of sp³-hybridized carbons (Fsp3) is 0.462. The van der Waals surface area contributed by atoms with Gasteiger partial charge in [0.2, 0.25) is 6.29 Å². The summed E-state index contributed by atoms with van der Waals surface area (Å²) in [5, 5.41) is 0.128. The van der Waals surface area contributed by atoms with E-state index in [2.05, 4.69) is 33.9 Å². The molecule has 0 atom stereocenters. The molecular formula is C13H19O2Si. The summed E-state index contributed by atoms with van der Waals surface area (Å²) >= 11 is 0. The van der Waals surface area contributed by atoms with Gasteiger partial charge in [0.25, 0.3) is 8.32 Å². The van der Waals surface area contributed by atoms with Crippen molar-refractivity contribution in [2.45, 2.75) is 38.9 Å². The highest BCUT2D eigenvalue weighted by atomic mass is 28.4. The van der Waals surface area contributed by atoms with E-state index >= 15 is 0 Å². The molecule has 1 rings (SSSR count). The van der Waals surface area contributed by atoms with Crippen molar-refractivity contribution in [1.82, 2.24) is 0 Å². The lowest BCUT2D eigenvalue weighted by molar-refractivity contribution is 0.489. The average molecular weight is 235 g/mol. The van der Waals surface area contributed by atoms with E-state index in [0.29, 0.717) is 11.3 Å². The molecule has 0 aliphatic heterocycles. The molecule has 0 N–H and O–H groups in total. The van der Waals surface area contributed by atoms with Crippen molar-refractivity contribution < 1.29 is 9.22 Å². The van der Waals surface area contributed by atoms with Gasteiger partial charge in [0.05, 0.1) is 5.56 Å². The standard InChI is InChI=1S/C13H19O2Si/c1-13(2,3)16(4,5)15-12-9-7-6-8-11(12)10-14/h6-9H,1-5H3. The Morgan fingerprint density at radius 1 is 1.19 bits per heavy atom. The van der Waals surface area contributed by atoms with Crippen LogP contribution in [0.4, 0.5) is 0 Å². The molecule has 0 saturated heterocycles. The highest BCUT2D eigenvalue weighted by Gasteiger charge is 2.39. The van der Waals surface area contributed by atoms with Crippen molar-refractivity contribution in [3.8, 4) is 5.75 Å². The van der Waals surface area contributed by atoms with Crippen molar-refractivity contribution in [3.63, 3.8) is 0 Å². The highest BCUT2D eigenvalue weighted by Crippen LogP contribution is 2.37. The number of hydrogen-bond acceptors (Lipinski definition) is 2. The van der Waals surface area contributed by atoms with Gasteiger partial charge < -0.3 is 4.43 Å². The fourth-order valence-electron chi connectivity index (χ4n) is 1.07. The lowest BCUT2D eigenvalue weighted by Crippen LogP contribution is -2.44. The minimum Gasteiger partial charge on any atom is -0.543 e. The molecule has 3 heteroatoms. The van der Waals surface area contributed by atoms with Crippen molar-refractivity contribution in [1.29, 1.82) is 0 Å². The second kappa shape index (κ2) is 4.42. The zero-order chi connectivity index (χ0) is 12.4. The van der Waals surface area contributed by atoms with Gasteiger partial charge in [0, 0.05) is 0 Å². The van der Waals surface area contributed by atoms with Gasteiger partial charge in [-0.25, -0.2) is 0 Å². The summed E-state index contributed by atoms with van der Waals surface area (Å²) < 4.78 is 6.06. The van der Waals surface area contributed by atoms with E-state index in [9.17, 15) is 4.79 Å². The van der Waals surface area contributed by atoms with Gasteiger partial charge >= 0.3 is 0 Å². The first-order valence-corrected chi connectivity index (χ1v) is 8.35. The van der Waals surface area contributed by atoms with Crippen LogP contribution in [0.5, 0.6) is 5.75 Å². The van der Waals surface area contributed by atoms with Gasteiger partial charge in [0.15, 0.2) is 0 Å². The maximum absolute atomic E-state index is 10.8. The first kappa shape index (κ1) is 13.0. The molecule has 0 unspecified atom stereocenters. The Hall–Kier alpha value is -1.09. The van der Waals surface area contributed by atoms with Crippen molar-refractivity contribution >= 4 is 14.6 Å². The van der Waals surface area contributed by atoms with Crippen LogP contribution in [0.3, 0.4) is 0 Å². The first-order valence-electron chi connectivity index (χ1n) is 5.44. The minimum absolute atomic E-state index is 0.128. The number of benzene rings is 1. The predicted octanol–water partition coefficient (Wildman–Crippen LogP) is 3.53. The van der Waals surface area contributed by atoms with E-state index in [1.54, 1.807) is 6.07 Å². The zero-order valence-electron chi connectivity index (χ0n) is 10.6. The number of hydrogen-bond donors (Lipinski definition) is 0. The van der Waals surface area contributed by atoms with Gasteiger partial charge in [0.1, 0.15) is 5.75 Å². The molecule has 0 aliphatic carbocycles. The quantitative estimate of drug-likeness (QED) is 0.749. The molecule has 2 nitrogen and oxygen atoms in total. The van der Waals surface area contributed by atoms with E-state index in [4.69, 9.17) is 4.43 Å². The molecule has 0 aliphatic rings. The van der Waals surface area contributed by atoms with Gasteiger partial charge in [-0.2, -0.15) is 0 Å². The second-order valence-electron chi connectivity index (χ2n) is 5.46. The van der Waals surface area contributed by atoms with Gasteiger partial charge in [-0.3, -0.25) is 4.79 Å². The average Bonchev–Trinajstić information content (AvgIpc) is 2.16. The van der Waals surface area contributed by atoms with Crippen LogP contribution in [0.1, 0.15) is 26.3 Å². The van der Waals surface area contributed by atoms with E-state index in [1.807, 2.05) is 24.5 Å². The predicted molar refractivity (Wildman–Crippen MR) is 69.1 cm³/mol. The van der Waals surface area contributed by atoms with Gasteiger partial charge in [-0.15, -0.1) is 0 Å². The maximum atomic E-state index is 10.8. The maximum Gasteiger partial charge on any atom is 0.250 e. The molecule has 1 aromatic rings. The van der Waals surface area contributed by atoms with Crippen LogP contribution >= 0.6 is 0 Å². The van der Waals surface area contributed by atoms with Gasteiger partial charge in [-0.05, 0) is 30.3 Å². The monoisotopic (exact) mass is 235 g/mol. The summed E-state index contributed by atoms with van der Waals surface area (Å²) in [6, 6.07) is 7.26. The van der Waals surface area contributed by atoms with Crippen LogP contribution in [-0.4, -0.2) is 14.6 Å². The zero-order valence-corrected chi connectivity index (χ0v) is 11.6. The summed E-state index contributed by atoms with van der Waals surface area (Å²) in [6.45, 7) is 10.8. The lowest BCUT2D eigenvalue weighted by Gasteiger charge is -2.36. The molecular weight excluding hydrogens is 216 g/mol. The Morgan fingerprint density at radius 3 is 2.25 bits per heavy atom. The van der Waals surface area contributed by atoms with Crippen LogP contribution in [0, 0.1) is 0 Å². The van der Waals surface area contributed by atoms with Crippen LogP contribution in [-0.2, 0) is 4.79 Å². The normalized spacial score (nSPS) is 12.3. The van der Waals surface area contributed by atoms with Crippen molar-refractivity contribution in [2.75, 3.05) is 0 Å². The molecule has 0 saturated carbocycles. The molecule has 0 fully saturated rings. The molecule has 0 aromatic heterocycles.